The van der Waals surface area contributed by atoms with Gasteiger partial charge in [0.1, 0.15) is 17.7 Å². The van der Waals surface area contributed by atoms with Crippen molar-refractivity contribution in [3.63, 3.8) is 0 Å². The molecule has 30 heavy (non-hydrogen) atoms. The summed E-state index contributed by atoms with van der Waals surface area (Å²) in [6.45, 7) is 5.38. The van der Waals surface area contributed by atoms with Gasteiger partial charge in [-0.15, -0.1) is 0 Å². The molecule has 152 valence electrons. The second-order valence-corrected chi connectivity index (χ2v) is 7.92. The molecule has 1 fully saturated rings. The molecule has 0 unspecified atom stereocenters. The molecular formula is C23H19Cl2N3O2. The van der Waals surface area contributed by atoms with Gasteiger partial charge in [-0.3, -0.25) is 9.59 Å². The van der Waals surface area contributed by atoms with Crippen LogP contribution in [0.3, 0.4) is 0 Å². The zero-order chi connectivity index (χ0) is 21.3. The number of para-hydroxylation sites is 1. The maximum Gasteiger partial charge on any atom is 0.295 e. The number of halogens is 2. The van der Waals surface area contributed by atoms with Gasteiger partial charge in [0.15, 0.2) is 0 Å². The fraction of sp³-hybridized carbons (Fsp3) is 0.174. The molecule has 0 atom stereocenters. The number of nitrogens with zero attached hydrogens (tertiary/aromatic N) is 3. The number of aldehydes is 1. The lowest BCUT2D eigenvalue weighted by Gasteiger charge is -2.20. The van der Waals surface area contributed by atoms with Crippen LogP contribution in [-0.2, 0) is 0 Å². The highest BCUT2D eigenvalue weighted by molar-refractivity contribution is 6.37. The molecular weight excluding hydrogens is 421 g/mol. The van der Waals surface area contributed by atoms with E-state index in [0.717, 1.165) is 37.8 Å². The van der Waals surface area contributed by atoms with Crippen LogP contribution in [0.15, 0.2) is 53.8 Å². The number of aromatic nitrogens is 2. The molecule has 1 saturated heterocycles. The van der Waals surface area contributed by atoms with Gasteiger partial charge in [0.2, 0.25) is 0 Å². The minimum Gasteiger partial charge on any atom is -0.367 e. The molecule has 3 aromatic rings. The van der Waals surface area contributed by atoms with E-state index in [1.54, 1.807) is 42.5 Å². The first kappa shape index (κ1) is 20.4. The van der Waals surface area contributed by atoms with E-state index in [-0.39, 0.29) is 5.56 Å². The molecule has 0 radical (unpaired) electrons. The first-order valence-electron chi connectivity index (χ1n) is 9.58. The van der Waals surface area contributed by atoms with Gasteiger partial charge in [-0.1, -0.05) is 41.9 Å². The SMILES string of the molecule is C=Cc1cc(C=O)cc(-c2cc(N3CCCC3)c(=O)n(-c3c(Cl)cccc3Cl)n2)c1. The molecule has 0 amide bonds. The Bertz CT molecular complexity index is 1150. The number of carbonyl (C=O) groups excluding carboxylic acids is 1. The Balaban J connectivity index is 2.01. The monoisotopic (exact) mass is 439 g/mol. The molecule has 0 bridgehead atoms. The molecule has 4 rings (SSSR count). The van der Waals surface area contributed by atoms with E-state index in [0.29, 0.717) is 38.2 Å². The molecule has 0 spiro atoms. The van der Waals surface area contributed by atoms with Crippen molar-refractivity contribution in [1.82, 2.24) is 9.78 Å². The lowest BCUT2D eigenvalue weighted by Crippen LogP contribution is -2.31. The summed E-state index contributed by atoms with van der Waals surface area (Å²) >= 11 is 12.8. The summed E-state index contributed by atoms with van der Waals surface area (Å²) in [4.78, 5) is 26.8. The average Bonchev–Trinajstić information content (AvgIpc) is 3.29. The van der Waals surface area contributed by atoms with Crippen LogP contribution < -0.4 is 10.5 Å². The third-order valence-corrected chi connectivity index (χ3v) is 5.74. The molecule has 2 aromatic carbocycles. The van der Waals surface area contributed by atoms with Crippen molar-refractivity contribution in [2.75, 3.05) is 18.0 Å². The predicted molar refractivity (Wildman–Crippen MR) is 122 cm³/mol. The molecule has 1 aliphatic rings. The summed E-state index contributed by atoms with van der Waals surface area (Å²) in [5.74, 6) is 0. The van der Waals surface area contributed by atoms with Gasteiger partial charge in [-0.25, -0.2) is 0 Å². The van der Waals surface area contributed by atoms with Crippen LogP contribution in [0.1, 0.15) is 28.8 Å². The minimum atomic E-state index is -0.286. The van der Waals surface area contributed by atoms with Crippen LogP contribution in [0, 0.1) is 0 Å². The lowest BCUT2D eigenvalue weighted by atomic mass is 10.0. The fourth-order valence-corrected chi connectivity index (χ4v) is 4.22. The van der Waals surface area contributed by atoms with E-state index in [2.05, 4.69) is 11.7 Å². The molecule has 1 aromatic heterocycles. The van der Waals surface area contributed by atoms with Crippen molar-refractivity contribution in [3.8, 4) is 16.9 Å². The zero-order valence-electron chi connectivity index (χ0n) is 16.1. The van der Waals surface area contributed by atoms with E-state index >= 15 is 0 Å². The van der Waals surface area contributed by atoms with Crippen LogP contribution in [-0.4, -0.2) is 29.2 Å². The van der Waals surface area contributed by atoms with Crippen LogP contribution in [0.25, 0.3) is 23.0 Å². The van der Waals surface area contributed by atoms with Crippen LogP contribution in [0.2, 0.25) is 10.0 Å². The number of carbonyl (C=O) groups is 1. The molecule has 5 nitrogen and oxygen atoms in total. The molecule has 0 N–H and O–H groups in total. The third kappa shape index (κ3) is 3.78. The highest BCUT2D eigenvalue weighted by Crippen LogP contribution is 2.30. The standard InChI is InChI=1S/C23H19Cl2N3O2/c1-2-15-10-16(14-29)12-17(11-15)20-13-21(27-8-3-4-9-27)23(30)28(26-20)22-18(24)6-5-7-19(22)25/h2,5-7,10-14H,1,3-4,8-9H2. The van der Waals surface area contributed by atoms with Gasteiger partial charge < -0.3 is 4.90 Å². The molecule has 7 heteroatoms. The van der Waals surface area contributed by atoms with Gasteiger partial charge >= 0.3 is 0 Å². The van der Waals surface area contributed by atoms with Gasteiger partial charge in [-0.05, 0) is 54.8 Å². The summed E-state index contributed by atoms with van der Waals surface area (Å²) < 4.78 is 1.26. The van der Waals surface area contributed by atoms with E-state index in [4.69, 9.17) is 23.2 Å². The van der Waals surface area contributed by atoms with Crippen molar-refractivity contribution in [3.05, 3.63) is 80.6 Å². The van der Waals surface area contributed by atoms with Crippen molar-refractivity contribution >= 4 is 41.3 Å². The zero-order valence-corrected chi connectivity index (χ0v) is 17.7. The Hall–Kier alpha value is -2.89. The van der Waals surface area contributed by atoms with Crippen LogP contribution >= 0.6 is 23.2 Å². The Morgan fingerprint density at radius 1 is 1.00 bits per heavy atom. The smallest absolute Gasteiger partial charge is 0.295 e. The molecule has 0 aliphatic carbocycles. The fourth-order valence-electron chi connectivity index (χ4n) is 3.66. The highest BCUT2D eigenvalue weighted by Gasteiger charge is 2.22. The normalized spacial score (nSPS) is 13.5. The summed E-state index contributed by atoms with van der Waals surface area (Å²) in [5.41, 5.74) is 3.11. The topological polar surface area (TPSA) is 55.2 Å². The number of hydrogen-bond acceptors (Lipinski definition) is 4. The first-order chi connectivity index (χ1) is 14.5. The molecule has 0 saturated carbocycles. The summed E-state index contributed by atoms with van der Waals surface area (Å²) in [6, 6.07) is 12.2. The van der Waals surface area contributed by atoms with E-state index in [1.165, 1.54) is 4.68 Å². The van der Waals surface area contributed by atoms with E-state index in [9.17, 15) is 9.59 Å². The summed E-state index contributed by atoms with van der Waals surface area (Å²) in [6.07, 6.45) is 4.48. The first-order valence-corrected chi connectivity index (χ1v) is 10.3. The van der Waals surface area contributed by atoms with Crippen LogP contribution in [0.5, 0.6) is 0 Å². The Labute approximate surface area is 184 Å². The van der Waals surface area contributed by atoms with Crippen molar-refractivity contribution in [1.29, 1.82) is 0 Å². The van der Waals surface area contributed by atoms with Crippen molar-refractivity contribution < 1.29 is 4.79 Å². The number of rotatable bonds is 5. The number of benzene rings is 2. The molecule has 1 aliphatic heterocycles. The summed E-state index contributed by atoms with van der Waals surface area (Å²) in [7, 11) is 0. The van der Waals surface area contributed by atoms with E-state index in [1.807, 2.05) is 11.0 Å². The van der Waals surface area contributed by atoms with Gasteiger partial charge in [0.05, 0.1) is 15.7 Å². The van der Waals surface area contributed by atoms with Gasteiger partial charge in [0.25, 0.3) is 5.56 Å². The van der Waals surface area contributed by atoms with E-state index < -0.39 is 0 Å². The molecule has 2 heterocycles. The Kier molecular flexibility index (Phi) is 5.75. The largest absolute Gasteiger partial charge is 0.367 e. The average molecular weight is 440 g/mol. The highest BCUT2D eigenvalue weighted by atomic mass is 35.5. The number of hydrogen-bond donors (Lipinski definition) is 0. The van der Waals surface area contributed by atoms with Gasteiger partial charge in [-0.2, -0.15) is 9.78 Å². The second kappa shape index (κ2) is 8.46. The lowest BCUT2D eigenvalue weighted by molar-refractivity contribution is 0.112. The third-order valence-electron chi connectivity index (χ3n) is 5.13. The maximum atomic E-state index is 13.4. The van der Waals surface area contributed by atoms with Crippen molar-refractivity contribution in [2.45, 2.75) is 12.8 Å². The minimum absolute atomic E-state index is 0.286. The summed E-state index contributed by atoms with van der Waals surface area (Å²) in [5, 5.41) is 5.23. The quantitative estimate of drug-likeness (QED) is 0.508. The number of anilines is 1. The predicted octanol–water partition coefficient (Wildman–Crippen LogP) is 5.26. The van der Waals surface area contributed by atoms with Crippen LogP contribution in [0.4, 0.5) is 5.69 Å². The second-order valence-electron chi connectivity index (χ2n) is 7.11. The Morgan fingerprint density at radius 3 is 2.30 bits per heavy atom. The van der Waals surface area contributed by atoms with Crippen molar-refractivity contribution in [2.24, 2.45) is 0 Å². The Morgan fingerprint density at radius 2 is 1.67 bits per heavy atom. The van der Waals surface area contributed by atoms with Gasteiger partial charge in [0, 0.05) is 24.2 Å². The maximum absolute atomic E-state index is 13.4.